The summed E-state index contributed by atoms with van der Waals surface area (Å²) in [6.07, 6.45) is 2.70. The van der Waals surface area contributed by atoms with Gasteiger partial charge >= 0.3 is 0 Å². The minimum Gasteiger partial charge on any atom is -0.380 e. The predicted octanol–water partition coefficient (Wildman–Crippen LogP) is 1.66. The zero-order valence-corrected chi connectivity index (χ0v) is 8.81. The molecule has 2 aliphatic heterocycles. The number of ether oxygens (including phenoxy) is 1. The molecule has 13 heavy (non-hydrogen) atoms. The van der Waals surface area contributed by atoms with Crippen molar-refractivity contribution in [3.63, 3.8) is 0 Å². The lowest BCUT2D eigenvalue weighted by molar-refractivity contribution is -0.151. The molecule has 0 radical (unpaired) electrons. The first-order valence-electron chi connectivity index (χ1n) is 5.51. The van der Waals surface area contributed by atoms with Crippen LogP contribution in [0.3, 0.4) is 0 Å². The van der Waals surface area contributed by atoms with Gasteiger partial charge in [-0.25, -0.2) is 0 Å². The van der Waals surface area contributed by atoms with Crippen LogP contribution in [0, 0.1) is 17.3 Å². The highest BCUT2D eigenvalue weighted by Gasteiger charge is 2.46. The maximum absolute atomic E-state index is 5.42. The van der Waals surface area contributed by atoms with Gasteiger partial charge in [0, 0.05) is 5.41 Å². The van der Waals surface area contributed by atoms with Crippen LogP contribution < -0.4 is 5.32 Å². The van der Waals surface area contributed by atoms with E-state index in [1.165, 1.54) is 25.9 Å². The third-order valence-corrected chi connectivity index (χ3v) is 3.52. The average molecular weight is 183 g/mol. The minimum atomic E-state index is 0.539. The van der Waals surface area contributed by atoms with Crippen LogP contribution >= 0.6 is 0 Å². The third kappa shape index (κ3) is 1.75. The van der Waals surface area contributed by atoms with Gasteiger partial charge in [0.1, 0.15) is 0 Å². The molecule has 1 N–H and O–H groups in total. The molecule has 76 valence electrons. The van der Waals surface area contributed by atoms with Gasteiger partial charge in [0.2, 0.25) is 0 Å². The topological polar surface area (TPSA) is 21.3 Å². The van der Waals surface area contributed by atoms with E-state index in [1.807, 2.05) is 0 Å². The summed E-state index contributed by atoms with van der Waals surface area (Å²) in [5.41, 5.74) is 0.539. The van der Waals surface area contributed by atoms with Crippen LogP contribution in [-0.4, -0.2) is 26.3 Å². The van der Waals surface area contributed by atoms with Crippen molar-refractivity contribution in [3.8, 4) is 0 Å². The van der Waals surface area contributed by atoms with Crippen molar-refractivity contribution in [3.05, 3.63) is 0 Å². The van der Waals surface area contributed by atoms with Crippen LogP contribution in [0.5, 0.6) is 0 Å². The standard InChI is InChI=1S/C11H21NO/c1-9(2)5-11(7-13-8-11)10-3-4-12-6-10/h9-10,12H,3-8H2,1-2H3. The highest BCUT2D eigenvalue weighted by Crippen LogP contribution is 2.44. The number of hydrogen-bond donors (Lipinski definition) is 1. The van der Waals surface area contributed by atoms with E-state index in [-0.39, 0.29) is 0 Å². The molecule has 2 fully saturated rings. The zero-order chi connectivity index (χ0) is 9.31. The summed E-state index contributed by atoms with van der Waals surface area (Å²) < 4.78 is 5.42. The Hall–Kier alpha value is -0.0800. The molecule has 2 heterocycles. The summed E-state index contributed by atoms with van der Waals surface area (Å²) in [6, 6.07) is 0. The Morgan fingerprint density at radius 3 is 2.62 bits per heavy atom. The van der Waals surface area contributed by atoms with Gasteiger partial charge in [-0.05, 0) is 37.8 Å². The smallest absolute Gasteiger partial charge is 0.0548 e. The summed E-state index contributed by atoms with van der Waals surface area (Å²) >= 11 is 0. The number of rotatable bonds is 3. The summed E-state index contributed by atoms with van der Waals surface area (Å²) in [5, 5.41) is 3.46. The van der Waals surface area contributed by atoms with Crippen LogP contribution in [-0.2, 0) is 4.74 Å². The fourth-order valence-corrected chi connectivity index (χ4v) is 2.87. The lowest BCUT2D eigenvalue weighted by Gasteiger charge is -2.47. The molecule has 0 bridgehead atoms. The maximum Gasteiger partial charge on any atom is 0.0548 e. The molecule has 0 amide bonds. The van der Waals surface area contributed by atoms with Crippen molar-refractivity contribution in [2.45, 2.75) is 26.7 Å². The first-order chi connectivity index (χ1) is 6.23. The molecule has 2 nitrogen and oxygen atoms in total. The van der Waals surface area contributed by atoms with E-state index >= 15 is 0 Å². The highest BCUT2D eigenvalue weighted by molar-refractivity contribution is 4.95. The number of hydrogen-bond acceptors (Lipinski definition) is 2. The van der Waals surface area contributed by atoms with Gasteiger partial charge in [-0.15, -0.1) is 0 Å². The molecule has 0 aliphatic carbocycles. The Bertz CT molecular complexity index is 169. The molecule has 0 spiro atoms. The molecule has 2 heteroatoms. The van der Waals surface area contributed by atoms with E-state index in [2.05, 4.69) is 19.2 Å². The van der Waals surface area contributed by atoms with Gasteiger partial charge in [-0.3, -0.25) is 0 Å². The second-order valence-corrected chi connectivity index (χ2v) is 5.14. The largest absolute Gasteiger partial charge is 0.380 e. The quantitative estimate of drug-likeness (QED) is 0.718. The summed E-state index contributed by atoms with van der Waals surface area (Å²) in [6.45, 7) is 9.10. The normalized spacial score (nSPS) is 32.1. The van der Waals surface area contributed by atoms with Crippen molar-refractivity contribution in [1.82, 2.24) is 5.32 Å². The average Bonchev–Trinajstić information content (AvgIpc) is 2.48. The molecule has 1 atom stereocenters. The van der Waals surface area contributed by atoms with Gasteiger partial charge in [0.05, 0.1) is 13.2 Å². The second-order valence-electron chi connectivity index (χ2n) is 5.14. The van der Waals surface area contributed by atoms with E-state index in [4.69, 9.17) is 4.74 Å². The van der Waals surface area contributed by atoms with Gasteiger partial charge < -0.3 is 10.1 Å². The van der Waals surface area contributed by atoms with E-state index in [9.17, 15) is 0 Å². The van der Waals surface area contributed by atoms with E-state index in [0.29, 0.717) is 5.41 Å². The van der Waals surface area contributed by atoms with Crippen molar-refractivity contribution < 1.29 is 4.74 Å². The van der Waals surface area contributed by atoms with E-state index in [0.717, 1.165) is 25.0 Å². The molecular weight excluding hydrogens is 162 g/mol. The van der Waals surface area contributed by atoms with Crippen LogP contribution in [0.4, 0.5) is 0 Å². The monoisotopic (exact) mass is 183 g/mol. The fourth-order valence-electron chi connectivity index (χ4n) is 2.87. The lowest BCUT2D eigenvalue weighted by atomic mass is 9.68. The molecule has 0 aromatic rings. The Labute approximate surface area is 81.0 Å². The molecule has 0 aromatic heterocycles. The lowest BCUT2D eigenvalue weighted by Crippen LogP contribution is -2.49. The number of nitrogens with one attached hydrogen (secondary N) is 1. The first kappa shape index (κ1) is 9.47. The SMILES string of the molecule is CC(C)CC1(C2CCNC2)COC1. The van der Waals surface area contributed by atoms with Gasteiger partial charge in [-0.2, -0.15) is 0 Å². The van der Waals surface area contributed by atoms with Gasteiger partial charge in [0.25, 0.3) is 0 Å². The van der Waals surface area contributed by atoms with Crippen molar-refractivity contribution in [2.75, 3.05) is 26.3 Å². The molecule has 2 saturated heterocycles. The second kappa shape index (κ2) is 3.58. The molecule has 0 saturated carbocycles. The summed E-state index contributed by atoms with van der Waals surface area (Å²) in [5.74, 6) is 1.69. The van der Waals surface area contributed by atoms with Crippen molar-refractivity contribution >= 4 is 0 Å². The van der Waals surface area contributed by atoms with Gasteiger partial charge in [0.15, 0.2) is 0 Å². The minimum absolute atomic E-state index is 0.539. The predicted molar refractivity (Wildman–Crippen MR) is 53.7 cm³/mol. The Morgan fingerprint density at radius 1 is 1.46 bits per heavy atom. The Kier molecular flexibility index (Phi) is 2.61. The van der Waals surface area contributed by atoms with Crippen molar-refractivity contribution in [1.29, 1.82) is 0 Å². The van der Waals surface area contributed by atoms with E-state index in [1.54, 1.807) is 0 Å². The summed E-state index contributed by atoms with van der Waals surface area (Å²) in [4.78, 5) is 0. The molecule has 2 aliphatic rings. The third-order valence-electron chi connectivity index (χ3n) is 3.52. The Morgan fingerprint density at radius 2 is 2.23 bits per heavy atom. The molecule has 0 aromatic carbocycles. The fraction of sp³-hybridized carbons (Fsp3) is 1.00. The Balaban J connectivity index is 1.97. The van der Waals surface area contributed by atoms with Crippen LogP contribution in [0.2, 0.25) is 0 Å². The highest BCUT2D eigenvalue weighted by atomic mass is 16.5. The molecule has 2 rings (SSSR count). The van der Waals surface area contributed by atoms with Crippen molar-refractivity contribution in [2.24, 2.45) is 17.3 Å². The van der Waals surface area contributed by atoms with Crippen LogP contribution in [0.1, 0.15) is 26.7 Å². The van der Waals surface area contributed by atoms with Crippen LogP contribution in [0.15, 0.2) is 0 Å². The van der Waals surface area contributed by atoms with Gasteiger partial charge in [-0.1, -0.05) is 13.8 Å². The first-order valence-corrected chi connectivity index (χ1v) is 5.51. The van der Waals surface area contributed by atoms with Crippen LogP contribution in [0.25, 0.3) is 0 Å². The zero-order valence-electron chi connectivity index (χ0n) is 8.81. The van der Waals surface area contributed by atoms with E-state index < -0.39 is 0 Å². The molecule has 1 unspecified atom stereocenters. The summed E-state index contributed by atoms with van der Waals surface area (Å²) in [7, 11) is 0. The maximum atomic E-state index is 5.42. The molecular formula is C11H21NO.